The minimum atomic E-state index is -0.332. The standard InChI is InChI=1S/C23H28N4O4S/c1-4-29-18-14-17(15-19(30-5-2)20(18)31-6-3)21(28)25-23-27-26-22(32-23)24-13-12-16-10-8-7-9-11-16/h7-11,14-15H,4-6,12-13H2,1-3H3,(H,24,26)(H,25,27,28). The number of carbonyl (C=O) groups is 1. The van der Waals surface area contributed by atoms with Crippen LogP contribution < -0.4 is 24.8 Å². The Labute approximate surface area is 191 Å². The summed E-state index contributed by atoms with van der Waals surface area (Å²) in [6.07, 6.45) is 0.870. The van der Waals surface area contributed by atoms with Crippen LogP contribution in [0.1, 0.15) is 36.7 Å². The first kappa shape index (κ1) is 23.3. The van der Waals surface area contributed by atoms with Gasteiger partial charge in [0, 0.05) is 12.1 Å². The van der Waals surface area contributed by atoms with Gasteiger partial charge in [0.15, 0.2) is 11.5 Å². The van der Waals surface area contributed by atoms with E-state index in [2.05, 4.69) is 33.0 Å². The van der Waals surface area contributed by atoms with Gasteiger partial charge in [-0.1, -0.05) is 41.7 Å². The lowest BCUT2D eigenvalue weighted by Gasteiger charge is -2.16. The van der Waals surface area contributed by atoms with Crippen LogP contribution in [-0.2, 0) is 6.42 Å². The molecule has 0 fully saturated rings. The Balaban J connectivity index is 1.67. The van der Waals surface area contributed by atoms with Crippen LogP contribution in [0.2, 0.25) is 0 Å². The largest absolute Gasteiger partial charge is 0.490 e. The number of rotatable bonds is 12. The summed E-state index contributed by atoms with van der Waals surface area (Å²) in [5.74, 6) is 1.09. The van der Waals surface area contributed by atoms with Crippen molar-refractivity contribution in [1.29, 1.82) is 0 Å². The minimum Gasteiger partial charge on any atom is -0.490 e. The van der Waals surface area contributed by atoms with Gasteiger partial charge < -0.3 is 19.5 Å². The zero-order valence-corrected chi connectivity index (χ0v) is 19.3. The number of hydrogen-bond donors (Lipinski definition) is 2. The number of amides is 1. The van der Waals surface area contributed by atoms with Crippen molar-refractivity contribution in [3.63, 3.8) is 0 Å². The Bertz CT molecular complexity index is 983. The van der Waals surface area contributed by atoms with Crippen LogP contribution in [0.25, 0.3) is 0 Å². The summed E-state index contributed by atoms with van der Waals surface area (Å²) in [6.45, 7) is 7.67. The molecule has 0 atom stereocenters. The quantitative estimate of drug-likeness (QED) is 0.410. The second-order valence-electron chi connectivity index (χ2n) is 6.63. The maximum atomic E-state index is 12.9. The van der Waals surface area contributed by atoms with Gasteiger partial charge in [0.25, 0.3) is 5.91 Å². The van der Waals surface area contributed by atoms with Crippen LogP contribution in [0.3, 0.4) is 0 Å². The van der Waals surface area contributed by atoms with Crippen LogP contribution in [-0.4, -0.2) is 42.5 Å². The van der Waals surface area contributed by atoms with E-state index in [9.17, 15) is 4.79 Å². The van der Waals surface area contributed by atoms with Crippen molar-refractivity contribution >= 4 is 27.5 Å². The van der Waals surface area contributed by atoms with Gasteiger partial charge in [-0.15, -0.1) is 10.2 Å². The summed E-state index contributed by atoms with van der Waals surface area (Å²) in [5.41, 5.74) is 1.62. The molecular weight excluding hydrogens is 428 g/mol. The third-order valence-electron chi connectivity index (χ3n) is 4.35. The van der Waals surface area contributed by atoms with E-state index < -0.39 is 0 Å². The topological polar surface area (TPSA) is 94.6 Å². The van der Waals surface area contributed by atoms with E-state index >= 15 is 0 Å². The maximum Gasteiger partial charge on any atom is 0.257 e. The first-order valence-corrected chi connectivity index (χ1v) is 11.4. The highest BCUT2D eigenvalue weighted by Crippen LogP contribution is 2.39. The number of nitrogens with zero attached hydrogens (tertiary/aromatic N) is 2. The SMILES string of the molecule is CCOc1cc(C(=O)Nc2nnc(NCCc3ccccc3)s2)cc(OCC)c1OCC. The number of benzene rings is 2. The highest BCUT2D eigenvalue weighted by Gasteiger charge is 2.19. The van der Waals surface area contributed by atoms with E-state index in [1.807, 2.05) is 39.0 Å². The summed E-state index contributed by atoms with van der Waals surface area (Å²) < 4.78 is 17.1. The molecule has 1 heterocycles. The van der Waals surface area contributed by atoms with Gasteiger partial charge in [-0.05, 0) is 44.9 Å². The molecular formula is C23H28N4O4S. The van der Waals surface area contributed by atoms with Gasteiger partial charge in [0.05, 0.1) is 19.8 Å². The fourth-order valence-electron chi connectivity index (χ4n) is 2.99. The monoisotopic (exact) mass is 456 g/mol. The van der Waals surface area contributed by atoms with E-state index in [-0.39, 0.29) is 5.91 Å². The fourth-order valence-corrected chi connectivity index (χ4v) is 3.66. The summed E-state index contributed by atoms with van der Waals surface area (Å²) in [6, 6.07) is 13.5. The molecule has 8 nitrogen and oxygen atoms in total. The van der Waals surface area contributed by atoms with Crippen LogP contribution >= 0.6 is 11.3 Å². The van der Waals surface area contributed by atoms with E-state index in [1.165, 1.54) is 16.9 Å². The van der Waals surface area contributed by atoms with E-state index in [1.54, 1.807) is 12.1 Å². The first-order valence-electron chi connectivity index (χ1n) is 10.6. The second kappa shape index (κ2) is 11.9. The van der Waals surface area contributed by atoms with Gasteiger partial charge in [-0.2, -0.15) is 0 Å². The average Bonchev–Trinajstić information content (AvgIpc) is 3.24. The van der Waals surface area contributed by atoms with Gasteiger partial charge in [0.1, 0.15) is 0 Å². The molecule has 0 aliphatic carbocycles. The van der Waals surface area contributed by atoms with Crippen LogP contribution in [0.5, 0.6) is 17.2 Å². The zero-order chi connectivity index (χ0) is 22.8. The Morgan fingerprint density at radius 2 is 1.53 bits per heavy atom. The molecule has 0 spiro atoms. The molecule has 0 aliphatic heterocycles. The summed E-state index contributed by atoms with van der Waals surface area (Å²) >= 11 is 1.28. The molecule has 170 valence electrons. The molecule has 0 radical (unpaired) electrons. The normalized spacial score (nSPS) is 10.5. The molecule has 0 bridgehead atoms. The Hall–Kier alpha value is -3.33. The van der Waals surface area contributed by atoms with Crippen LogP contribution in [0.15, 0.2) is 42.5 Å². The lowest BCUT2D eigenvalue weighted by Crippen LogP contribution is -2.13. The van der Waals surface area contributed by atoms with Gasteiger partial charge in [0.2, 0.25) is 16.0 Å². The molecule has 1 aromatic heterocycles. The molecule has 32 heavy (non-hydrogen) atoms. The molecule has 2 N–H and O–H groups in total. The van der Waals surface area contributed by atoms with E-state index in [0.717, 1.165) is 13.0 Å². The van der Waals surface area contributed by atoms with Crippen LogP contribution in [0.4, 0.5) is 10.3 Å². The molecule has 3 rings (SSSR count). The van der Waals surface area contributed by atoms with Gasteiger partial charge in [-0.3, -0.25) is 10.1 Å². The molecule has 0 saturated heterocycles. The Morgan fingerprint density at radius 1 is 0.906 bits per heavy atom. The smallest absolute Gasteiger partial charge is 0.257 e. The molecule has 0 aliphatic rings. The third kappa shape index (κ3) is 6.34. The predicted octanol–water partition coefficient (Wildman–Crippen LogP) is 4.64. The second-order valence-corrected chi connectivity index (χ2v) is 7.61. The number of nitrogens with one attached hydrogen (secondary N) is 2. The Kier molecular flexibility index (Phi) is 8.68. The van der Waals surface area contributed by atoms with Crippen molar-refractivity contribution in [3.05, 3.63) is 53.6 Å². The summed E-state index contributed by atoms with van der Waals surface area (Å²) in [5, 5.41) is 15.2. The third-order valence-corrected chi connectivity index (χ3v) is 5.15. The molecule has 0 unspecified atom stereocenters. The van der Waals surface area contributed by atoms with Crippen molar-refractivity contribution in [2.45, 2.75) is 27.2 Å². The maximum absolute atomic E-state index is 12.9. The number of hydrogen-bond acceptors (Lipinski definition) is 8. The summed E-state index contributed by atoms with van der Waals surface area (Å²) in [7, 11) is 0. The van der Waals surface area contributed by atoms with E-state index in [4.69, 9.17) is 14.2 Å². The highest BCUT2D eigenvalue weighted by atomic mass is 32.1. The molecule has 1 amide bonds. The lowest BCUT2D eigenvalue weighted by molar-refractivity contribution is 0.102. The van der Waals surface area contributed by atoms with Crippen molar-refractivity contribution in [2.75, 3.05) is 37.0 Å². The molecule has 3 aromatic rings. The Morgan fingerprint density at radius 3 is 2.16 bits per heavy atom. The highest BCUT2D eigenvalue weighted by molar-refractivity contribution is 7.19. The van der Waals surface area contributed by atoms with Crippen LogP contribution in [0, 0.1) is 0 Å². The molecule has 2 aromatic carbocycles. The van der Waals surface area contributed by atoms with Gasteiger partial charge in [-0.25, -0.2) is 0 Å². The molecule has 9 heteroatoms. The minimum absolute atomic E-state index is 0.332. The van der Waals surface area contributed by atoms with Crippen molar-refractivity contribution in [1.82, 2.24) is 10.2 Å². The molecule has 0 saturated carbocycles. The van der Waals surface area contributed by atoms with Crippen molar-refractivity contribution in [3.8, 4) is 17.2 Å². The lowest BCUT2D eigenvalue weighted by atomic mass is 10.1. The van der Waals surface area contributed by atoms with Gasteiger partial charge >= 0.3 is 0 Å². The summed E-state index contributed by atoms with van der Waals surface area (Å²) in [4.78, 5) is 12.9. The number of carbonyl (C=O) groups excluding carboxylic acids is 1. The predicted molar refractivity (Wildman–Crippen MR) is 126 cm³/mol. The number of ether oxygens (including phenoxy) is 3. The first-order chi connectivity index (χ1) is 15.6. The van der Waals surface area contributed by atoms with E-state index in [0.29, 0.717) is 52.9 Å². The van der Waals surface area contributed by atoms with Crippen molar-refractivity contribution < 1.29 is 19.0 Å². The number of anilines is 2. The number of aromatic nitrogens is 2. The fraction of sp³-hybridized carbons (Fsp3) is 0.348. The average molecular weight is 457 g/mol. The van der Waals surface area contributed by atoms with Crippen molar-refractivity contribution in [2.24, 2.45) is 0 Å². The zero-order valence-electron chi connectivity index (χ0n) is 18.5.